The summed E-state index contributed by atoms with van der Waals surface area (Å²) in [6.45, 7) is 1.73. The molecule has 0 aromatic carbocycles. The van der Waals surface area contributed by atoms with E-state index in [0.717, 1.165) is 4.47 Å². The van der Waals surface area contributed by atoms with Gasteiger partial charge in [-0.05, 0) is 28.4 Å². The van der Waals surface area contributed by atoms with Gasteiger partial charge < -0.3 is 5.11 Å². The third kappa shape index (κ3) is 1.57. The molecule has 3 nitrogen and oxygen atoms in total. The Balaban J connectivity index is 3.27. The summed E-state index contributed by atoms with van der Waals surface area (Å²) >= 11 is 3.19. The maximum atomic E-state index is 10.5. The predicted molar refractivity (Wildman–Crippen MR) is 43.6 cm³/mol. The normalized spacial score (nSPS) is 9.64. The zero-order valence-electron chi connectivity index (χ0n) is 5.84. The first-order valence-electron chi connectivity index (χ1n) is 2.96. The first-order valence-corrected chi connectivity index (χ1v) is 3.75. The van der Waals surface area contributed by atoms with E-state index in [2.05, 4.69) is 20.9 Å². The molecule has 4 heteroatoms. The summed E-state index contributed by atoms with van der Waals surface area (Å²) in [5, 5.41) is 8.63. The van der Waals surface area contributed by atoms with Crippen molar-refractivity contribution in [3.05, 3.63) is 28.0 Å². The van der Waals surface area contributed by atoms with Crippen LogP contribution in [0.1, 0.15) is 15.9 Å². The molecule has 0 unspecified atom stereocenters. The van der Waals surface area contributed by atoms with Gasteiger partial charge in [0.15, 0.2) is 0 Å². The molecule has 1 rings (SSSR count). The molecule has 0 aliphatic rings. The summed E-state index contributed by atoms with van der Waals surface area (Å²) < 4.78 is 0.720. The van der Waals surface area contributed by atoms with Crippen LogP contribution < -0.4 is 0 Å². The second-order valence-corrected chi connectivity index (χ2v) is 2.95. The number of rotatable bonds is 1. The zero-order chi connectivity index (χ0) is 8.43. The fourth-order valence-electron chi connectivity index (χ4n) is 0.715. The minimum Gasteiger partial charge on any atom is -0.478 e. The van der Waals surface area contributed by atoms with Crippen LogP contribution >= 0.6 is 15.9 Å². The van der Waals surface area contributed by atoms with Crippen molar-refractivity contribution in [2.45, 2.75) is 6.92 Å². The average Bonchev–Trinajstić information content (AvgIpc) is 1.94. The maximum absolute atomic E-state index is 10.5. The Bertz CT molecular complexity index is 298. The molecule has 0 aliphatic heterocycles. The Morgan fingerprint density at radius 3 is 2.73 bits per heavy atom. The fraction of sp³-hybridized carbons (Fsp3) is 0.143. The van der Waals surface area contributed by atoms with E-state index in [0.29, 0.717) is 5.56 Å². The predicted octanol–water partition coefficient (Wildman–Crippen LogP) is 1.85. The number of carboxylic acids is 1. The Kier molecular flexibility index (Phi) is 2.24. The van der Waals surface area contributed by atoms with Crippen molar-refractivity contribution >= 4 is 21.9 Å². The van der Waals surface area contributed by atoms with E-state index in [9.17, 15) is 4.79 Å². The summed E-state index contributed by atoms with van der Waals surface area (Å²) in [6, 6.07) is 0. The lowest BCUT2D eigenvalue weighted by molar-refractivity contribution is 0.0695. The Labute approximate surface area is 72.2 Å². The molecule has 1 N–H and O–H groups in total. The minimum atomic E-state index is -0.948. The first kappa shape index (κ1) is 8.20. The van der Waals surface area contributed by atoms with Crippen molar-refractivity contribution in [3.63, 3.8) is 0 Å². The van der Waals surface area contributed by atoms with Crippen LogP contribution in [-0.4, -0.2) is 16.1 Å². The van der Waals surface area contributed by atoms with Crippen LogP contribution in [0.25, 0.3) is 0 Å². The lowest BCUT2D eigenvalue weighted by Crippen LogP contribution is -2.00. The molecule has 0 bridgehead atoms. The van der Waals surface area contributed by atoms with Crippen LogP contribution in [-0.2, 0) is 0 Å². The summed E-state index contributed by atoms with van der Waals surface area (Å²) in [6.07, 6.45) is 2.91. The van der Waals surface area contributed by atoms with Crippen LogP contribution in [0.4, 0.5) is 0 Å². The lowest BCUT2D eigenvalue weighted by Gasteiger charge is -2.00. The van der Waals surface area contributed by atoms with Gasteiger partial charge in [-0.2, -0.15) is 0 Å². The van der Waals surface area contributed by atoms with Crippen LogP contribution in [0.5, 0.6) is 0 Å². The number of carbonyl (C=O) groups is 1. The molecule has 58 valence electrons. The molecule has 1 heterocycles. The SMILES string of the molecule is Cc1c(Br)cncc1C(=O)O. The van der Waals surface area contributed by atoms with Gasteiger partial charge in [0.05, 0.1) is 5.56 Å². The molecule has 0 amide bonds. The van der Waals surface area contributed by atoms with Gasteiger partial charge >= 0.3 is 5.97 Å². The van der Waals surface area contributed by atoms with Gasteiger partial charge in [-0.15, -0.1) is 0 Å². The molecule has 0 radical (unpaired) electrons. The van der Waals surface area contributed by atoms with Crippen LogP contribution in [0.15, 0.2) is 16.9 Å². The number of carboxylic acid groups (broad SMARTS) is 1. The highest BCUT2D eigenvalue weighted by Gasteiger charge is 2.08. The topological polar surface area (TPSA) is 50.2 Å². The van der Waals surface area contributed by atoms with E-state index in [4.69, 9.17) is 5.11 Å². The van der Waals surface area contributed by atoms with E-state index < -0.39 is 5.97 Å². The number of hydrogen-bond donors (Lipinski definition) is 1. The molecule has 0 atom stereocenters. The van der Waals surface area contributed by atoms with Gasteiger partial charge in [0.25, 0.3) is 0 Å². The number of pyridine rings is 1. The molecule has 0 fully saturated rings. The molecule has 1 aromatic heterocycles. The zero-order valence-corrected chi connectivity index (χ0v) is 7.42. The highest BCUT2D eigenvalue weighted by molar-refractivity contribution is 9.10. The number of nitrogens with zero attached hydrogens (tertiary/aromatic N) is 1. The summed E-state index contributed by atoms with van der Waals surface area (Å²) in [4.78, 5) is 14.3. The second kappa shape index (κ2) is 3.00. The third-order valence-electron chi connectivity index (χ3n) is 1.38. The van der Waals surface area contributed by atoms with Gasteiger partial charge in [0.2, 0.25) is 0 Å². The van der Waals surface area contributed by atoms with Crippen molar-refractivity contribution in [1.82, 2.24) is 4.98 Å². The Morgan fingerprint density at radius 1 is 1.64 bits per heavy atom. The van der Waals surface area contributed by atoms with Crippen molar-refractivity contribution in [2.24, 2.45) is 0 Å². The van der Waals surface area contributed by atoms with Crippen molar-refractivity contribution in [2.75, 3.05) is 0 Å². The van der Waals surface area contributed by atoms with Crippen molar-refractivity contribution in [1.29, 1.82) is 0 Å². The molecule has 11 heavy (non-hydrogen) atoms. The van der Waals surface area contributed by atoms with E-state index in [1.807, 2.05) is 0 Å². The van der Waals surface area contributed by atoms with Crippen LogP contribution in [0.2, 0.25) is 0 Å². The monoisotopic (exact) mass is 215 g/mol. The summed E-state index contributed by atoms with van der Waals surface area (Å²) in [7, 11) is 0. The number of hydrogen-bond acceptors (Lipinski definition) is 2. The molecular formula is C7H6BrNO2. The van der Waals surface area contributed by atoms with Gasteiger partial charge in [-0.25, -0.2) is 4.79 Å². The van der Waals surface area contributed by atoms with Crippen molar-refractivity contribution in [3.8, 4) is 0 Å². The standard InChI is InChI=1S/C7H6BrNO2/c1-4-5(7(10)11)2-9-3-6(4)8/h2-3H,1H3,(H,10,11). The largest absolute Gasteiger partial charge is 0.478 e. The van der Waals surface area contributed by atoms with Crippen LogP contribution in [0.3, 0.4) is 0 Å². The van der Waals surface area contributed by atoms with Gasteiger partial charge in [0, 0.05) is 16.9 Å². The third-order valence-corrected chi connectivity index (χ3v) is 2.18. The minimum absolute atomic E-state index is 0.236. The molecule has 0 saturated heterocycles. The average molecular weight is 216 g/mol. The molecule has 0 saturated carbocycles. The summed E-state index contributed by atoms with van der Waals surface area (Å²) in [5.74, 6) is -0.948. The van der Waals surface area contributed by atoms with Gasteiger partial charge in [-0.3, -0.25) is 4.98 Å². The Morgan fingerprint density at radius 2 is 2.27 bits per heavy atom. The van der Waals surface area contributed by atoms with Crippen molar-refractivity contribution < 1.29 is 9.90 Å². The van der Waals surface area contributed by atoms with E-state index in [1.165, 1.54) is 6.20 Å². The molecular weight excluding hydrogens is 210 g/mol. The lowest BCUT2D eigenvalue weighted by atomic mass is 10.2. The van der Waals surface area contributed by atoms with E-state index in [-0.39, 0.29) is 5.56 Å². The quantitative estimate of drug-likeness (QED) is 0.779. The van der Waals surface area contributed by atoms with E-state index >= 15 is 0 Å². The summed E-state index contributed by atoms with van der Waals surface area (Å²) in [5.41, 5.74) is 0.937. The molecule has 1 aromatic rings. The highest BCUT2D eigenvalue weighted by atomic mass is 79.9. The smallest absolute Gasteiger partial charge is 0.337 e. The molecule has 0 spiro atoms. The van der Waals surface area contributed by atoms with Gasteiger partial charge in [0.1, 0.15) is 0 Å². The Hall–Kier alpha value is -0.900. The molecule has 0 aliphatic carbocycles. The first-order chi connectivity index (χ1) is 5.13. The number of aromatic nitrogens is 1. The van der Waals surface area contributed by atoms with Gasteiger partial charge in [-0.1, -0.05) is 0 Å². The number of halogens is 1. The van der Waals surface area contributed by atoms with Crippen LogP contribution in [0, 0.1) is 6.92 Å². The highest BCUT2D eigenvalue weighted by Crippen LogP contribution is 2.17. The number of aromatic carboxylic acids is 1. The fourth-order valence-corrected chi connectivity index (χ4v) is 1.05. The second-order valence-electron chi connectivity index (χ2n) is 2.10. The van der Waals surface area contributed by atoms with E-state index in [1.54, 1.807) is 13.1 Å². The maximum Gasteiger partial charge on any atom is 0.337 e.